The highest BCUT2D eigenvalue weighted by molar-refractivity contribution is 6.74. The zero-order valence-electron chi connectivity index (χ0n) is 17.2. The summed E-state index contributed by atoms with van der Waals surface area (Å²) in [6.07, 6.45) is 3.50. The van der Waals surface area contributed by atoms with Crippen molar-refractivity contribution in [2.24, 2.45) is 0 Å². The molecule has 0 aliphatic heterocycles. The molecule has 0 aliphatic carbocycles. The Hall–Kier alpha value is 0.0238. The quantitative estimate of drug-likeness (QED) is 0.297. The molecule has 1 atom stereocenters. The van der Waals surface area contributed by atoms with Crippen molar-refractivity contribution in [2.45, 2.75) is 103 Å². The van der Waals surface area contributed by atoms with Gasteiger partial charge in [-0.15, -0.1) is 0 Å². The summed E-state index contributed by atoms with van der Waals surface area (Å²) in [4.78, 5) is 11.3. The fraction of sp³-hybridized carbons (Fsp3) is 0.944. The van der Waals surface area contributed by atoms with E-state index in [-0.39, 0.29) is 16.2 Å². The highest BCUT2D eigenvalue weighted by Crippen LogP contribution is 2.38. The molecular formula is C18H40O3Si2. The lowest BCUT2D eigenvalue weighted by molar-refractivity contribution is -0.114. The first-order chi connectivity index (χ1) is 10.1. The smallest absolute Gasteiger partial charge is 0.193 e. The van der Waals surface area contributed by atoms with Crippen molar-refractivity contribution in [1.29, 1.82) is 0 Å². The highest BCUT2D eigenvalue weighted by Gasteiger charge is 2.39. The van der Waals surface area contributed by atoms with Gasteiger partial charge in [-0.3, -0.25) is 0 Å². The van der Waals surface area contributed by atoms with Crippen LogP contribution in [0.5, 0.6) is 0 Å². The van der Waals surface area contributed by atoms with E-state index in [2.05, 4.69) is 67.7 Å². The molecule has 0 spiro atoms. The summed E-state index contributed by atoms with van der Waals surface area (Å²) < 4.78 is 12.4. The van der Waals surface area contributed by atoms with Crippen LogP contribution in [0.3, 0.4) is 0 Å². The van der Waals surface area contributed by atoms with Gasteiger partial charge in [0.2, 0.25) is 0 Å². The Bertz CT molecular complexity index is 365. The van der Waals surface area contributed by atoms with Gasteiger partial charge in [-0.1, -0.05) is 41.5 Å². The number of unbranched alkanes of at least 4 members (excludes halogenated alkanes) is 1. The molecule has 0 radical (unpaired) electrons. The standard InChI is InChI=1S/C18H40O3Si2/c1-17(2,3)22(7,8)20-14-12-11-13-16(15-19)21-23(9,10)18(4,5)6/h15-16H,11-14H2,1-10H3/t16-/m0/s1. The van der Waals surface area contributed by atoms with Crippen LogP contribution < -0.4 is 0 Å². The third-order valence-electron chi connectivity index (χ3n) is 5.56. The van der Waals surface area contributed by atoms with Crippen LogP contribution in [0.15, 0.2) is 0 Å². The molecule has 23 heavy (non-hydrogen) atoms. The van der Waals surface area contributed by atoms with Crippen molar-refractivity contribution in [1.82, 2.24) is 0 Å². The molecule has 0 fully saturated rings. The maximum absolute atomic E-state index is 11.3. The normalized spacial score (nSPS) is 15.6. The lowest BCUT2D eigenvalue weighted by Gasteiger charge is -2.38. The molecule has 0 bridgehead atoms. The van der Waals surface area contributed by atoms with Gasteiger partial charge >= 0.3 is 0 Å². The minimum atomic E-state index is -1.87. The molecule has 0 aromatic carbocycles. The van der Waals surface area contributed by atoms with Gasteiger partial charge in [-0.2, -0.15) is 0 Å². The predicted octanol–water partition coefficient (Wildman–Crippen LogP) is 5.77. The maximum Gasteiger partial charge on any atom is 0.193 e. The number of aldehydes is 1. The fourth-order valence-corrected chi connectivity index (χ4v) is 4.07. The summed E-state index contributed by atoms with van der Waals surface area (Å²) in [5.41, 5.74) is 0. The van der Waals surface area contributed by atoms with Gasteiger partial charge in [-0.25, -0.2) is 0 Å². The third kappa shape index (κ3) is 7.63. The maximum atomic E-state index is 11.3. The van der Waals surface area contributed by atoms with Gasteiger partial charge in [0, 0.05) is 6.61 Å². The summed E-state index contributed by atoms with van der Waals surface area (Å²) in [5, 5.41) is 0.392. The van der Waals surface area contributed by atoms with E-state index in [1.165, 1.54) is 0 Å². The van der Waals surface area contributed by atoms with Crippen LogP contribution in [-0.2, 0) is 13.6 Å². The molecule has 0 saturated heterocycles. The second-order valence-corrected chi connectivity index (χ2v) is 19.2. The monoisotopic (exact) mass is 360 g/mol. The van der Waals surface area contributed by atoms with Crippen LogP contribution in [0.1, 0.15) is 60.8 Å². The van der Waals surface area contributed by atoms with Crippen molar-refractivity contribution in [3.8, 4) is 0 Å². The number of rotatable bonds is 9. The molecule has 0 aromatic rings. The number of carbonyl (C=O) groups excluding carboxylic acids is 1. The second kappa shape index (κ2) is 8.41. The van der Waals surface area contributed by atoms with Crippen LogP contribution in [-0.4, -0.2) is 35.6 Å². The molecule has 0 heterocycles. The molecule has 3 nitrogen and oxygen atoms in total. The number of hydrogen-bond acceptors (Lipinski definition) is 3. The van der Waals surface area contributed by atoms with Gasteiger partial charge in [0.05, 0.1) is 0 Å². The first-order valence-electron chi connectivity index (χ1n) is 8.91. The molecule has 0 rings (SSSR count). The van der Waals surface area contributed by atoms with E-state index < -0.39 is 16.6 Å². The van der Waals surface area contributed by atoms with Crippen molar-refractivity contribution in [3.63, 3.8) is 0 Å². The van der Waals surface area contributed by atoms with E-state index in [0.717, 1.165) is 32.2 Å². The Kier molecular flexibility index (Phi) is 8.42. The third-order valence-corrected chi connectivity index (χ3v) is 14.6. The first kappa shape index (κ1) is 23.0. The van der Waals surface area contributed by atoms with Crippen molar-refractivity contribution >= 4 is 22.9 Å². The zero-order chi connectivity index (χ0) is 18.5. The zero-order valence-corrected chi connectivity index (χ0v) is 19.2. The molecular weight excluding hydrogens is 320 g/mol. The lowest BCUT2D eigenvalue weighted by atomic mass is 10.2. The second-order valence-electron chi connectivity index (χ2n) is 9.66. The Labute approximate surface area is 146 Å². The lowest BCUT2D eigenvalue weighted by Crippen LogP contribution is -2.44. The van der Waals surface area contributed by atoms with Crippen molar-refractivity contribution in [3.05, 3.63) is 0 Å². The Morgan fingerprint density at radius 2 is 1.35 bits per heavy atom. The molecule has 138 valence electrons. The molecule has 0 saturated carbocycles. The van der Waals surface area contributed by atoms with Gasteiger partial charge < -0.3 is 13.6 Å². The summed E-state index contributed by atoms with van der Waals surface area (Å²) >= 11 is 0. The molecule has 0 aromatic heterocycles. The van der Waals surface area contributed by atoms with Crippen LogP contribution >= 0.6 is 0 Å². The van der Waals surface area contributed by atoms with Gasteiger partial charge in [-0.05, 0) is 55.5 Å². The number of carbonyl (C=O) groups is 1. The minimum Gasteiger partial charge on any atom is -0.417 e. The molecule has 0 aliphatic rings. The molecule has 0 amide bonds. The summed E-state index contributed by atoms with van der Waals surface area (Å²) in [6.45, 7) is 23.1. The average molecular weight is 361 g/mol. The van der Waals surface area contributed by atoms with E-state index in [0.29, 0.717) is 0 Å². The summed E-state index contributed by atoms with van der Waals surface area (Å²) in [5.74, 6) is 0. The van der Waals surface area contributed by atoms with Gasteiger partial charge in [0.1, 0.15) is 12.4 Å². The number of hydrogen-bond donors (Lipinski definition) is 0. The minimum absolute atomic E-state index is 0.139. The van der Waals surface area contributed by atoms with E-state index in [1.807, 2.05) is 0 Å². The van der Waals surface area contributed by atoms with Gasteiger partial charge in [0.25, 0.3) is 0 Å². The highest BCUT2D eigenvalue weighted by atomic mass is 28.4. The van der Waals surface area contributed by atoms with E-state index in [1.54, 1.807) is 0 Å². The van der Waals surface area contributed by atoms with E-state index >= 15 is 0 Å². The largest absolute Gasteiger partial charge is 0.417 e. The summed E-state index contributed by atoms with van der Waals surface area (Å²) in [6, 6.07) is 0. The topological polar surface area (TPSA) is 35.5 Å². The van der Waals surface area contributed by atoms with Crippen LogP contribution in [0.25, 0.3) is 0 Å². The molecule has 0 unspecified atom stereocenters. The fourth-order valence-electron chi connectivity index (χ4n) is 1.70. The van der Waals surface area contributed by atoms with Crippen LogP contribution in [0.4, 0.5) is 0 Å². The average Bonchev–Trinajstić information content (AvgIpc) is 2.33. The van der Waals surface area contributed by atoms with Crippen LogP contribution in [0.2, 0.25) is 36.3 Å². The van der Waals surface area contributed by atoms with Crippen molar-refractivity contribution in [2.75, 3.05) is 6.61 Å². The van der Waals surface area contributed by atoms with E-state index in [9.17, 15) is 4.79 Å². The predicted molar refractivity (Wildman–Crippen MR) is 105 cm³/mol. The molecule has 5 heteroatoms. The van der Waals surface area contributed by atoms with E-state index in [4.69, 9.17) is 8.85 Å². The van der Waals surface area contributed by atoms with Crippen LogP contribution in [0, 0.1) is 0 Å². The first-order valence-corrected chi connectivity index (χ1v) is 14.7. The SMILES string of the molecule is CC(C)(C)[Si](C)(C)OCCCC[C@@H](C=O)O[Si](C)(C)C(C)(C)C. The Morgan fingerprint density at radius 3 is 1.74 bits per heavy atom. The van der Waals surface area contributed by atoms with Crippen molar-refractivity contribution < 1.29 is 13.6 Å². The summed E-state index contributed by atoms with van der Waals surface area (Å²) in [7, 11) is -3.52. The molecule has 0 N–H and O–H groups in total. The Morgan fingerprint density at radius 1 is 0.870 bits per heavy atom. The van der Waals surface area contributed by atoms with Gasteiger partial charge in [0.15, 0.2) is 16.6 Å². The Balaban J connectivity index is 4.24.